The molecular weight excluding hydrogens is 264 g/mol. The molecule has 4 nitrogen and oxygen atoms in total. The van der Waals surface area contributed by atoms with Gasteiger partial charge in [-0.25, -0.2) is 4.79 Å². The van der Waals surface area contributed by atoms with E-state index in [2.05, 4.69) is 16.0 Å². The zero-order valence-corrected chi connectivity index (χ0v) is 11.9. The van der Waals surface area contributed by atoms with E-state index in [4.69, 9.17) is 4.74 Å². The minimum absolute atomic E-state index is 0.354. The molecule has 1 aliphatic heterocycles. The lowest BCUT2D eigenvalue weighted by atomic mass is 10.1. The number of anilines is 1. The van der Waals surface area contributed by atoms with Gasteiger partial charge in [-0.05, 0) is 43.5 Å². The molecule has 3 rings (SSSR count). The molecule has 1 aromatic heterocycles. The molecule has 0 aliphatic carbocycles. The Morgan fingerprint density at radius 3 is 2.57 bits per heavy atom. The molecule has 1 aromatic carbocycles. The van der Waals surface area contributed by atoms with E-state index in [0.29, 0.717) is 11.3 Å². The number of piperidine rings is 1. The summed E-state index contributed by atoms with van der Waals surface area (Å²) in [5.41, 5.74) is 1.63. The molecule has 0 N–H and O–H groups in total. The van der Waals surface area contributed by atoms with Crippen LogP contribution in [0.5, 0.6) is 5.75 Å². The Bertz CT molecular complexity index is 607. The highest BCUT2D eigenvalue weighted by atomic mass is 16.5. The van der Waals surface area contributed by atoms with E-state index in [1.807, 2.05) is 18.2 Å². The molecule has 2 heterocycles. The monoisotopic (exact) mass is 282 g/mol. The second kappa shape index (κ2) is 6.39. The van der Waals surface area contributed by atoms with Crippen LogP contribution in [0.2, 0.25) is 0 Å². The van der Waals surface area contributed by atoms with Gasteiger partial charge < -0.3 is 9.64 Å². The van der Waals surface area contributed by atoms with E-state index in [9.17, 15) is 4.79 Å². The average molecular weight is 282 g/mol. The minimum Gasteiger partial charge on any atom is -0.423 e. The summed E-state index contributed by atoms with van der Waals surface area (Å²) in [5.74, 6) is 0.230. The van der Waals surface area contributed by atoms with E-state index in [-0.39, 0.29) is 5.97 Å². The van der Waals surface area contributed by atoms with Crippen molar-refractivity contribution in [1.29, 1.82) is 0 Å². The van der Waals surface area contributed by atoms with Gasteiger partial charge >= 0.3 is 5.97 Å². The molecule has 1 saturated heterocycles. The van der Waals surface area contributed by atoms with Gasteiger partial charge in [0, 0.05) is 37.2 Å². The van der Waals surface area contributed by atoms with Crippen molar-refractivity contribution in [3.05, 3.63) is 54.4 Å². The number of aromatic nitrogens is 1. The molecule has 0 atom stereocenters. The van der Waals surface area contributed by atoms with Crippen LogP contribution in [0.15, 0.2) is 48.8 Å². The summed E-state index contributed by atoms with van der Waals surface area (Å²) < 4.78 is 5.44. The standard InChI is InChI=1S/C17H18N2O2/c20-17(14-7-9-18-10-8-14)21-16-6-4-5-15(13-16)19-11-2-1-3-12-19/h4-10,13H,1-3,11-12H2. The fourth-order valence-corrected chi connectivity index (χ4v) is 2.55. The largest absolute Gasteiger partial charge is 0.423 e. The highest BCUT2D eigenvalue weighted by molar-refractivity contribution is 5.90. The third-order valence-electron chi connectivity index (χ3n) is 3.67. The van der Waals surface area contributed by atoms with E-state index in [0.717, 1.165) is 18.8 Å². The molecule has 1 aliphatic rings. The van der Waals surface area contributed by atoms with Crippen LogP contribution < -0.4 is 9.64 Å². The first kappa shape index (κ1) is 13.6. The van der Waals surface area contributed by atoms with Crippen molar-refractivity contribution in [1.82, 2.24) is 4.98 Å². The molecule has 0 bridgehead atoms. The Morgan fingerprint density at radius 1 is 1.05 bits per heavy atom. The fourth-order valence-electron chi connectivity index (χ4n) is 2.55. The van der Waals surface area contributed by atoms with Crippen LogP contribution in [0.1, 0.15) is 29.6 Å². The van der Waals surface area contributed by atoms with Gasteiger partial charge in [0.2, 0.25) is 0 Å². The Hall–Kier alpha value is -2.36. The van der Waals surface area contributed by atoms with Crippen LogP contribution >= 0.6 is 0 Å². The molecule has 0 spiro atoms. The van der Waals surface area contributed by atoms with Crippen molar-refractivity contribution in [2.75, 3.05) is 18.0 Å². The number of esters is 1. The molecule has 2 aromatic rings. The second-order valence-electron chi connectivity index (χ2n) is 5.17. The molecule has 1 fully saturated rings. The normalized spacial score (nSPS) is 14.8. The zero-order valence-electron chi connectivity index (χ0n) is 11.9. The molecule has 0 radical (unpaired) electrons. The van der Waals surface area contributed by atoms with Crippen molar-refractivity contribution in [2.45, 2.75) is 19.3 Å². The highest BCUT2D eigenvalue weighted by Crippen LogP contribution is 2.24. The van der Waals surface area contributed by atoms with Gasteiger partial charge in [0.25, 0.3) is 0 Å². The van der Waals surface area contributed by atoms with Crippen molar-refractivity contribution >= 4 is 11.7 Å². The highest BCUT2D eigenvalue weighted by Gasteiger charge is 2.13. The lowest BCUT2D eigenvalue weighted by Gasteiger charge is -2.28. The topological polar surface area (TPSA) is 42.4 Å². The van der Waals surface area contributed by atoms with Crippen LogP contribution in [0.25, 0.3) is 0 Å². The van der Waals surface area contributed by atoms with Gasteiger partial charge in [-0.1, -0.05) is 6.07 Å². The molecule has 0 saturated carbocycles. The number of carbonyl (C=O) groups is 1. The Balaban J connectivity index is 1.72. The number of hydrogen-bond acceptors (Lipinski definition) is 4. The van der Waals surface area contributed by atoms with Gasteiger partial charge in [-0.2, -0.15) is 0 Å². The van der Waals surface area contributed by atoms with Gasteiger partial charge in [-0.15, -0.1) is 0 Å². The lowest BCUT2D eigenvalue weighted by molar-refractivity contribution is 0.0734. The second-order valence-corrected chi connectivity index (χ2v) is 5.17. The number of pyridine rings is 1. The van der Waals surface area contributed by atoms with E-state index in [1.54, 1.807) is 24.5 Å². The summed E-state index contributed by atoms with van der Waals surface area (Å²) in [7, 11) is 0. The molecule has 4 heteroatoms. The minimum atomic E-state index is -0.354. The van der Waals surface area contributed by atoms with Crippen LogP contribution in [0.3, 0.4) is 0 Å². The maximum atomic E-state index is 12.0. The smallest absolute Gasteiger partial charge is 0.343 e. The van der Waals surface area contributed by atoms with Gasteiger partial charge in [0.15, 0.2) is 0 Å². The predicted octanol–water partition coefficient (Wildman–Crippen LogP) is 3.29. The van der Waals surface area contributed by atoms with Gasteiger partial charge in [0.1, 0.15) is 5.75 Å². The Morgan fingerprint density at radius 2 is 1.81 bits per heavy atom. The first-order valence-electron chi connectivity index (χ1n) is 7.30. The van der Waals surface area contributed by atoms with Crippen molar-refractivity contribution in [3.63, 3.8) is 0 Å². The zero-order chi connectivity index (χ0) is 14.5. The first-order chi connectivity index (χ1) is 10.3. The summed E-state index contributed by atoms with van der Waals surface area (Å²) >= 11 is 0. The van der Waals surface area contributed by atoms with E-state index < -0.39 is 0 Å². The predicted molar refractivity (Wildman–Crippen MR) is 81.7 cm³/mol. The lowest BCUT2D eigenvalue weighted by Crippen LogP contribution is -2.29. The van der Waals surface area contributed by atoms with E-state index in [1.165, 1.54) is 19.3 Å². The summed E-state index contributed by atoms with van der Waals surface area (Å²) in [4.78, 5) is 18.3. The summed E-state index contributed by atoms with van der Waals surface area (Å²) in [6.07, 6.45) is 6.91. The van der Waals surface area contributed by atoms with Crippen LogP contribution in [-0.2, 0) is 0 Å². The molecule has 21 heavy (non-hydrogen) atoms. The first-order valence-corrected chi connectivity index (χ1v) is 7.30. The number of rotatable bonds is 3. The summed E-state index contributed by atoms with van der Waals surface area (Å²) in [6.45, 7) is 2.14. The van der Waals surface area contributed by atoms with Gasteiger partial charge in [-0.3, -0.25) is 4.98 Å². The van der Waals surface area contributed by atoms with Crippen molar-refractivity contribution in [3.8, 4) is 5.75 Å². The number of hydrogen-bond donors (Lipinski definition) is 0. The number of benzene rings is 1. The molecule has 0 unspecified atom stereocenters. The van der Waals surface area contributed by atoms with Crippen LogP contribution in [-0.4, -0.2) is 24.0 Å². The molecule has 108 valence electrons. The van der Waals surface area contributed by atoms with Crippen molar-refractivity contribution < 1.29 is 9.53 Å². The maximum absolute atomic E-state index is 12.0. The SMILES string of the molecule is O=C(Oc1cccc(N2CCCCC2)c1)c1ccncc1. The summed E-state index contributed by atoms with van der Waals surface area (Å²) in [5, 5.41) is 0. The number of ether oxygens (including phenoxy) is 1. The third-order valence-corrected chi connectivity index (χ3v) is 3.67. The van der Waals surface area contributed by atoms with Crippen LogP contribution in [0, 0.1) is 0 Å². The average Bonchev–Trinajstić information content (AvgIpc) is 2.57. The maximum Gasteiger partial charge on any atom is 0.343 e. The number of carbonyl (C=O) groups excluding carboxylic acids is 1. The van der Waals surface area contributed by atoms with E-state index >= 15 is 0 Å². The number of nitrogens with zero attached hydrogens (tertiary/aromatic N) is 2. The quantitative estimate of drug-likeness (QED) is 0.640. The van der Waals surface area contributed by atoms with Crippen LogP contribution in [0.4, 0.5) is 5.69 Å². The molecule has 0 amide bonds. The Kier molecular flexibility index (Phi) is 4.15. The van der Waals surface area contributed by atoms with Gasteiger partial charge in [0.05, 0.1) is 5.56 Å². The Labute approximate surface area is 124 Å². The summed E-state index contributed by atoms with van der Waals surface area (Å²) in [6, 6.07) is 11.0. The third kappa shape index (κ3) is 3.40. The van der Waals surface area contributed by atoms with Crippen molar-refractivity contribution in [2.24, 2.45) is 0 Å². The fraction of sp³-hybridized carbons (Fsp3) is 0.294. The molecular formula is C17H18N2O2.